The Morgan fingerprint density at radius 1 is 1.62 bits per heavy atom. The van der Waals surface area contributed by atoms with Crippen LogP contribution >= 0.6 is 10.7 Å². The molecular formula is C6H5ClO5S. The molecule has 72 valence electrons. The van der Waals surface area contributed by atoms with Crippen molar-refractivity contribution >= 4 is 25.7 Å². The normalized spacial score (nSPS) is 11.2. The van der Waals surface area contributed by atoms with Crippen LogP contribution in [0.25, 0.3) is 0 Å². The van der Waals surface area contributed by atoms with Crippen LogP contribution in [-0.2, 0) is 13.8 Å². The van der Waals surface area contributed by atoms with E-state index in [0.29, 0.717) is 0 Å². The average Bonchev–Trinajstić information content (AvgIpc) is 2.50. The first kappa shape index (κ1) is 10.1. The largest absolute Gasteiger partial charge is 0.463 e. The third-order valence-corrected chi connectivity index (χ3v) is 2.56. The molecule has 13 heavy (non-hydrogen) atoms. The number of furan rings is 1. The van der Waals surface area contributed by atoms with Gasteiger partial charge in [-0.3, -0.25) is 0 Å². The Bertz CT molecular complexity index is 418. The zero-order valence-corrected chi connectivity index (χ0v) is 8.05. The lowest BCUT2D eigenvalue weighted by Gasteiger charge is -1.90. The molecule has 0 aliphatic rings. The van der Waals surface area contributed by atoms with Crippen molar-refractivity contribution in [1.82, 2.24) is 0 Å². The summed E-state index contributed by atoms with van der Waals surface area (Å²) in [5, 5.41) is 0. The number of methoxy groups -OCH3 is 1. The molecule has 0 N–H and O–H groups in total. The highest BCUT2D eigenvalue weighted by Crippen LogP contribution is 2.18. The molecular weight excluding hydrogens is 220 g/mol. The Morgan fingerprint density at radius 3 is 2.62 bits per heavy atom. The summed E-state index contributed by atoms with van der Waals surface area (Å²) in [6.45, 7) is 0. The number of hydrogen-bond acceptors (Lipinski definition) is 5. The van der Waals surface area contributed by atoms with Crippen LogP contribution in [0, 0.1) is 0 Å². The number of carbonyl (C=O) groups excluding carboxylic acids is 1. The predicted octanol–water partition coefficient (Wildman–Crippen LogP) is 0.994. The van der Waals surface area contributed by atoms with Gasteiger partial charge in [-0.15, -0.1) is 0 Å². The van der Waals surface area contributed by atoms with Gasteiger partial charge in [0, 0.05) is 16.7 Å². The summed E-state index contributed by atoms with van der Waals surface area (Å²) in [5.41, 5.74) is 0. The van der Waals surface area contributed by atoms with Gasteiger partial charge in [0.15, 0.2) is 0 Å². The van der Waals surface area contributed by atoms with Crippen molar-refractivity contribution in [1.29, 1.82) is 0 Å². The summed E-state index contributed by atoms with van der Waals surface area (Å²) in [4.78, 5) is 10.5. The molecule has 1 aromatic rings. The highest BCUT2D eigenvalue weighted by atomic mass is 35.7. The predicted molar refractivity (Wildman–Crippen MR) is 43.1 cm³/mol. The highest BCUT2D eigenvalue weighted by Gasteiger charge is 2.18. The molecule has 0 unspecified atom stereocenters. The molecule has 0 bridgehead atoms. The van der Waals surface area contributed by atoms with E-state index in [1.165, 1.54) is 0 Å². The Kier molecular flexibility index (Phi) is 2.63. The minimum absolute atomic E-state index is 0.207. The van der Waals surface area contributed by atoms with Crippen molar-refractivity contribution in [2.45, 2.75) is 4.90 Å². The van der Waals surface area contributed by atoms with Crippen molar-refractivity contribution in [3.8, 4) is 0 Å². The maximum atomic E-state index is 10.8. The lowest BCUT2D eigenvalue weighted by atomic mass is 10.5. The molecule has 5 nitrogen and oxygen atoms in total. The van der Waals surface area contributed by atoms with Gasteiger partial charge in [0.25, 0.3) is 9.05 Å². The molecule has 7 heteroatoms. The number of esters is 1. The van der Waals surface area contributed by atoms with Crippen molar-refractivity contribution in [3.63, 3.8) is 0 Å². The zero-order valence-electron chi connectivity index (χ0n) is 6.48. The monoisotopic (exact) mass is 224 g/mol. The highest BCUT2D eigenvalue weighted by molar-refractivity contribution is 8.13. The quantitative estimate of drug-likeness (QED) is 0.553. The number of ether oxygens (including phenoxy) is 1. The van der Waals surface area contributed by atoms with Crippen LogP contribution in [0.5, 0.6) is 0 Å². The molecule has 1 rings (SSSR count). The maximum Gasteiger partial charge on any atom is 0.373 e. The van der Waals surface area contributed by atoms with E-state index < -0.39 is 15.0 Å². The topological polar surface area (TPSA) is 73.6 Å². The molecule has 0 spiro atoms. The van der Waals surface area contributed by atoms with Gasteiger partial charge >= 0.3 is 5.97 Å². The second-order valence-electron chi connectivity index (χ2n) is 2.08. The van der Waals surface area contributed by atoms with Crippen molar-refractivity contribution in [3.05, 3.63) is 18.1 Å². The summed E-state index contributed by atoms with van der Waals surface area (Å²) in [6.07, 6.45) is 0.870. The van der Waals surface area contributed by atoms with E-state index >= 15 is 0 Å². The van der Waals surface area contributed by atoms with Gasteiger partial charge in [-0.2, -0.15) is 0 Å². The molecule has 0 radical (unpaired) electrons. The van der Waals surface area contributed by atoms with Crippen LogP contribution in [0.4, 0.5) is 0 Å². The second-order valence-corrected chi connectivity index (χ2v) is 4.64. The smallest absolute Gasteiger partial charge is 0.373 e. The molecule has 0 fully saturated rings. The summed E-state index contributed by atoms with van der Waals surface area (Å²) >= 11 is 0. The van der Waals surface area contributed by atoms with Crippen LogP contribution in [0.3, 0.4) is 0 Å². The van der Waals surface area contributed by atoms with Crippen molar-refractivity contribution < 1.29 is 22.4 Å². The Morgan fingerprint density at radius 2 is 2.23 bits per heavy atom. The summed E-state index contributed by atoms with van der Waals surface area (Å²) in [6, 6.07) is 0.994. The first-order valence-electron chi connectivity index (χ1n) is 3.06. The van der Waals surface area contributed by atoms with E-state index in [1.54, 1.807) is 0 Å². The first-order chi connectivity index (χ1) is 5.95. The minimum Gasteiger partial charge on any atom is -0.463 e. The number of carbonyl (C=O) groups is 1. The third-order valence-electron chi connectivity index (χ3n) is 1.24. The summed E-state index contributed by atoms with van der Waals surface area (Å²) in [5.74, 6) is -0.965. The Labute approximate surface area is 78.7 Å². The van der Waals surface area contributed by atoms with Crippen molar-refractivity contribution in [2.24, 2.45) is 0 Å². The number of hydrogen-bond donors (Lipinski definition) is 0. The Hall–Kier alpha value is -1.01. The summed E-state index contributed by atoms with van der Waals surface area (Å²) < 4.78 is 30.3. The van der Waals surface area contributed by atoms with Crippen LogP contribution in [-0.4, -0.2) is 21.5 Å². The van der Waals surface area contributed by atoms with Crippen LogP contribution < -0.4 is 0 Å². The van der Waals surface area contributed by atoms with E-state index in [9.17, 15) is 13.2 Å². The SMILES string of the molecule is COC(=O)c1cc(S(=O)(=O)Cl)co1. The lowest BCUT2D eigenvalue weighted by molar-refractivity contribution is 0.0565. The van der Waals surface area contributed by atoms with Crippen LogP contribution in [0.1, 0.15) is 10.6 Å². The standard InChI is InChI=1S/C6H5ClO5S/c1-11-6(8)5-2-4(3-12-5)13(7,9)10/h2-3H,1H3. The van der Waals surface area contributed by atoms with Crippen LogP contribution in [0.15, 0.2) is 21.6 Å². The first-order valence-corrected chi connectivity index (χ1v) is 5.37. The molecule has 1 aromatic heterocycles. The third kappa shape index (κ3) is 2.22. The zero-order chi connectivity index (χ0) is 10.1. The molecule has 0 saturated heterocycles. The fourth-order valence-corrected chi connectivity index (χ4v) is 1.31. The van der Waals surface area contributed by atoms with E-state index in [2.05, 4.69) is 9.15 Å². The van der Waals surface area contributed by atoms with Gasteiger partial charge < -0.3 is 9.15 Å². The second kappa shape index (κ2) is 3.39. The van der Waals surface area contributed by atoms with Gasteiger partial charge in [0.2, 0.25) is 5.76 Å². The summed E-state index contributed by atoms with van der Waals surface area (Å²) in [7, 11) is 2.28. The molecule has 0 aliphatic carbocycles. The lowest BCUT2D eigenvalue weighted by Crippen LogP contribution is -1.98. The van der Waals surface area contributed by atoms with E-state index in [0.717, 1.165) is 19.4 Å². The van der Waals surface area contributed by atoms with Gasteiger partial charge in [-0.1, -0.05) is 0 Å². The molecule has 0 aliphatic heterocycles. The van der Waals surface area contributed by atoms with Crippen molar-refractivity contribution in [2.75, 3.05) is 7.11 Å². The maximum absolute atomic E-state index is 10.8. The van der Waals surface area contributed by atoms with Gasteiger partial charge in [-0.05, 0) is 0 Å². The van der Waals surface area contributed by atoms with E-state index in [1.807, 2.05) is 0 Å². The minimum atomic E-state index is -3.85. The van der Waals surface area contributed by atoms with Gasteiger partial charge in [-0.25, -0.2) is 13.2 Å². The molecule has 1 heterocycles. The van der Waals surface area contributed by atoms with E-state index in [4.69, 9.17) is 10.7 Å². The van der Waals surface area contributed by atoms with Crippen LogP contribution in [0.2, 0.25) is 0 Å². The van der Waals surface area contributed by atoms with E-state index in [-0.39, 0.29) is 10.7 Å². The number of rotatable bonds is 2. The molecule has 0 saturated carbocycles. The van der Waals surface area contributed by atoms with Gasteiger partial charge in [0.1, 0.15) is 11.2 Å². The molecule has 0 aromatic carbocycles. The average molecular weight is 225 g/mol. The molecule has 0 amide bonds. The molecule has 0 atom stereocenters. The number of halogens is 1. The Balaban J connectivity index is 3.07. The fourth-order valence-electron chi connectivity index (χ4n) is 0.654. The van der Waals surface area contributed by atoms with Gasteiger partial charge in [0.05, 0.1) is 7.11 Å². The fraction of sp³-hybridized carbons (Fsp3) is 0.167.